The number of primary amides is 1. The zero-order valence-electron chi connectivity index (χ0n) is 15.5. The van der Waals surface area contributed by atoms with E-state index in [4.69, 9.17) is 5.73 Å². The van der Waals surface area contributed by atoms with E-state index in [1.165, 1.54) is 25.7 Å². The van der Waals surface area contributed by atoms with Gasteiger partial charge in [0.1, 0.15) is 0 Å². The summed E-state index contributed by atoms with van der Waals surface area (Å²) in [4.78, 5) is 16.0. The van der Waals surface area contributed by atoms with Gasteiger partial charge in [-0.1, -0.05) is 24.7 Å². The van der Waals surface area contributed by atoms with Gasteiger partial charge in [-0.25, -0.2) is 0 Å². The molecule has 138 valence electrons. The van der Waals surface area contributed by atoms with Gasteiger partial charge in [0.2, 0.25) is 5.91 Å². The number of benzene rings is 1. The Hall–Kier alpha value is -2.64. The first-order chi connectivity index (χ1) is 13.1. The second kappa shape index (κ2) is 7.54. The highest BCUT2D eigenvalue weighted by Crippen LogP contribution is 2.37. The fourth-order valence-electron chi connectivity index (χ4n) is 4.09. The molecule has 2 fully saturated rings. The Labute approximate surface area is 160 Å². The quantitative estimate of drug-likeness (QED) is 0.806. The lowest BCUT2D eigenvalue weighted by atomic mass is 9.86. The molecule has 2 aromatic rings. The number of nitrogens with zero attached hydrogens (tertiary/aromatic N) is 1. The first-order valence-corrected chi connectivity index (χ1v) is 9.76. The van der Waals surface area contributed by atoms with E-state index in [0.29, 0.717) is 11.6 Å². The maximum Gasteiger partial charge on any atom is 0.248 e. The van der Waals surface area contributed by atoms with E-state index in [9.17, 15) is 4.79 Å². The molecule has 1 aromatic heterocycles. The molecule has 4 rings (SSSR count). The van der Waals surface area contributed by atoms with Crippen molar-refractivity contribution in [1.29, 1.82) is 0 Å². The van der Waals surface area contributed by atoms with Crippen molar-refractivity contribution in [3.05, 3.63) is 65.0 Å². The molecule has 0 atom stereocenters. The lowest BCUT2D eigenvalue weighted by Gasteiger charge is -2.31. The van der Waals surface area contributed by atoms with Gasteiger partial charge in [0, 0.05) is 40.7 Å². The summed E-state index contributed by atoms with van der Waals surface area (Å²) < 4.78 is 0. The fraction of sp³-hybridized carbons (Fsp3) is 0.391. The normalized spacial score (nSPS) is 17.9. The van der Waals surface area contributed by atoms with Crippen LogP contribution in [0, 0.1) is 11.8 Å². The highest BCUT2D eigenvalue weighted by Gasteiger charge is 2.39. The van der Waals surface area contributed by atoms with Crippen molar-refractivity contribution in [3.8, 4) is 11.8 Å². The van der Waals surface area contributed by atoms with Gasteiger partial charge in [-0.05, 0) is 68.0 Å². The third kappa shape index (κ3) is 4.37. The SMILES string of the molecule is NC(=O)c1ccc(C#Cc2ccncc2)cc1CC1(NC2CC2)CCCC1. The van der Waals surface area contributed by atoms with Crippen LogP contribution in [-0.2, 0) is 6.42 Å². The van der Waals surface area contributed by atoms with Crippen molar-refractivity contribution < 1.29 is 4.79 Å². The average molecular weight is 359 g/mol. The molecule has 4 nitrogen and oxygen atoms in total. The van der Waals surface area contributed by atoms with Gasteiger partial charge in [-0.15, -0.1) is 0 Å². The van der Waals surface area contributed by atoms with Gasteiger partial charge in [0.15, 0.2) is 0 Å². The minimum atomic E-state index is -0.363. The standard InChI is InChI=1S/C23H25N3O/c24-22(27)21-8-5-18(4-3-17-9-13-25-14-10-17)15-19(21)16-23(11-1-2-12-23)26-20-6-7-20/h5,8-10,13-15,20,26H,1-2,6-7,11-12,16H2,(H2,24,27). The predicted molar refractivity (Wildman–Crippen MR) is 106 cm³/mol. The minimum absolute atomic E-state index is 0.0997. The van der Waals surface area contributed by atoms with Gasteiger partial charge >= 0.3 is 0 Å². The molecule has 0 bridgehead atoms. The summed E-state index contributed by atoms with van der Waals surface area (Å²) in [6.07, 6.45) is 11.7. The first-order valence-electron chi connectivity index (χ1n) is 9.76. The van der Waals surface area contributed by atoms with Gasteiger partial charge in [-0.2, -0.15) is 0 Å². The molecule has 2 saturated carbocycles. The predicted octanol–water partition coefficient (Wildman–Crippen LogP) is 3.19. The molecule has 4 heteroatoms. The van der Waals surface area contributed by atoms with E-state index in [-0.39, 0.29) is 11.4 Å². The number of rotatable bonds is 5. The van der Waals surface area contributed by atoms with Crippen molar-refractivity contribution in [2.45, 2.75) is 56.5 Å². The molecule has 2 aliphatic rings. The maximum absolute atomic E-state index is 12.0. The largest absolute Gasteiger partial charge is 0.366 e. The minimum Gasteiger partial charge on any atom is -0.366 e. The highest BCUT2D eigenvalue weighted by molar-refractivity contribution is 5.94. The van der Waals surface area contributed by atoms with E-state index in [1.807, 2.05) is 30.3 Å². The van der Waals surface area contributed by atoms with Crippen molar-refractivity contribution in [2.24, 2.45) is 5.73 Å². The summed E-state index contributed by atoms with van der Waals surface area (Å²) in [5.74, 6) is 6.01. The molecular formula is C23H25N3O. The number of hydrogen-bond acceptors (Lipinski definition) is 3. The summed E-state index contributed by atoms with van der Waals surface area (Å²) in [7, 11) is 0. The third-order valence-corrected chi connectivity index (χ3v) is 5.58. The molecule has 0 unspecified atom stereocenters. The van der Waals surface area contributed by atoms with E-state index in [1.54, 1.807) is 12.4 Å². The Bertz CT molecular complexity index is 885. The van der Waals surface area contributed by atoms with Crippen LogP contribution in [0.25, 0.3) is 0 Å². The van der Waals surface area contributed by atoms with Crippen LogP contribution in [0.2, 0.25) is 0 Å². The average Bonchev–Trinajstić information content (AvgIpc) is 3.36. The summed E-state index contributed by atoms with van der Waals surface area (Å²) >= 11 is 0. The number of hydrogen-bond donors (Lipinski definition) is 2. The van der Waals surface area contributed by atoms with E-state index in [2.05, 4.69) is 22.1 Å². The smallest absolute Gasteiger partial charge is 0.248 e. The molecule has 0 saturated heterocycles. The van der Waals surface area contributed by atoms with Gasteiger partial charge in [0.05, 0.1) is 0 Å². The Balaban J connectivity index is 1.63. The number of nitrogens with one attached hydrogen (secondary N) is 1. The third-order valence-electron chi connectivity index (χ3n) is 5.58. The lowest BCUT2D eigenvalue weighted by molar-refractivity contribution is 0.0999. The summed E-state index contributed by atoms with van der Waals surface area (Å²) in [5, 5.41) is 3.86. The summed E-state index contributed by atoms with van der Waals surface area (Å²) in [5.41, 5.74) is 9.22. The van der Waals surface area contributed by atoms with Crippen LogP contribution in [0.5, 0.6) is 0 Å². The van der Waals surface area contributed by atoms with Crippen molar-refractivity contribution >= 4 is 5.91 Å². The van der Waals surface area contributed by atoms with E-state index >= 15 is 0 Å². The lowest BCUT2D eigenvalue weighted by Crippen LogP contribution is -2.46. The topological polar surface area (TPSA) is 68.0 Å². The maximum atomic E-state index is 12.0. The number of pyridine rings is 1. The molecule has 1 amide bonds. The number of amides is 1. The van der Waals surface area contributed by atoms with E-state index in [0.717, 1.165) is 36.0 Å². The Morgan fingerprint density at radius 2 is 1.81 bits per heavy atom. The van der Waals surface area contributed by atoms with Gasteiger partial charge < -0.3 is 11.1 Å². The van der Waals surface area contributed by atoms with Crippen molar-refractivity contribution in [1.82, 2.24) is 10.3 Å². The van der Waals surface area contributed by atoms with E-state index < -0.39 is 0 Å². The second-order valence-corrected chi connectivity index (χ2v) is 7.80. The second-order valence-electron chi connectivity index (χ2n) is 7.80. The summed E-state index contributed by atoms with van der Waals surface area (Å²) in [6, 6.07) is 10.2. The van der Waals surface area contributed by atoms with Gasteiger partial charge in [-0.3, -0.25) is 9.78 Å². The highest BCUT2D eigenvalue weighted by atomic mass is 16.1. The Morgan fingerprint density at radius 1 is 1.11 bits per heavy atom. The molecule has 1 aromatic carbocycles. The molecule has 0 aliphatic heterocycles. The Kier molecular flexibility index (Phi) is 4.96. The van der Waals surface area contributed by atoms with Gasteiger partial charge in [0.25, 0.3) is 0 Å². The summed E-state index contributed by atoms with van der Waals surface area (Å²) in [6.45, 7) is 0. The van der Waals surface area contributed by atoms with Crippen molar-refractivity contribution in [2.75, 3.05) is 0 Å². The number of nitrogens with two attached hydrogens (primary N) is 1. The van der Waals surface area contributed by atoms with Crippen LogP contribution in [0.1, 0.15) is 65.6 Å². The molecule has 2 aliphatic carbocycles. The van der Waals surface area contributed by atoms with Crippen LogP contribution in [0.3, 0.4) is 0 Å². The van der Waals surface area contributed by atoms with Crippen LogP contribution in [0.4, 0.5) is 0 Å². The number of aromatic nitrogens is 1. The zero-order valence-corrected chi connectivity index (χ0v) is 15.5. The molecule has 1 heterocycles. The first kappa shape index (κ1) is 17.8. The van der Waals surface area contributed by atoms with Crippen LogP contribution in [0.15, 0.2) is 42.7 Å². The van der Waals surface area contributed by atoms with Crippen LogP contribution >= 0.6 is 0 Å². The van der Waals surface area contributed by atoms with Crippen LogP contribution < -0.4 is 11.1 Å². The number of carbonyl (C=O) groups is 1. The molecular weight excluding hydrogens is 334 g/mol. The molecule has 0 radical (unpaired) electrons. The van der Waals surface area contributed by atoms with Crippen molar-refractivity contribution in [3.63, 3.8) is 0 Å². The zero-order chi connectivity index (χ0) is 18.7. The molecule has 27 heavy (non-hydrogen) atoms. The monoisotopic (exact) mass is 359 g/mol. The molecule has 0 spiro atoms. The number of carbonyl (C=O) groups excluding carboxylic acids is 1. The molecule has 3 N–H and O–H groups in total. The Morgan fingerprint density at radius 3 is 2.48 bits per heavy atom. The fourth-order valence-corrected chi connectivity index (χ4v) is 4.09. The van der Waals surface area contributed by atoms with Crippen LogP contribution in [-0.4, -0.2) is 22.5 Å².